The van der Waals surface area contributed by atoms with Gasteiger partial charge in [-0.1, -0.05) is 30.4 Å². The molecule has 4 nitrogen and oxygen atoms in total. The molecule has 0 saturated heterocycles. The van der Waals surface area contributed by atoms with Gasteiger partial charge in [0.05, 0.1) is 6.61 Å². The Kier molecular flexibility index (Phi) is 5.14. The molecule has 0 aromatic heterocycles. The number of allylic oxidation sites excluding steroid dienone is 2. The molecule has 0 saturated carbocycles. The molecule has 0 spiro atoms. The summed E-state index contributed by atoms with van der Waals surface area (Å²) >= 11 is 0. The molecule has 0 radical (unpaired) electrons. The van der Waals surface area contributed by atoms with Gasteiger partial charge in [-0.25, -0.2) is 0 Å². The summed E-state index contributed by atoms with van der Waals surface area (Å²) in [6.45, 7) is 4.16. The monoisotopic (exact) mass is 377 g/mol. The lowest BCUT2D eigenvalue weighted by Crippen LogP contribution is -2.44. The first kappa shape index (κ1) is 18.6. The van der Waals surface area contributed by atoms with Crippen molar-refractivity contribution in [2.24, 2.45) is 5.92 Å². The van der Waals surface area contributed by atoms with Gasteiger partial charge in [0.15, 0.2) is 0 Å². The van der Waals surface area contributed by atoms with Gasteiger partial charge in [-0.15, -0.1) is 6.58 Å². The standard InChI is InChI=1S/C24H27NO3/c1-2-13-28-25-20-11-12-24(16-17-3-7-21(26)8-4-17)19(15-20)6-5-18-14-22(27)9-10-23(18)24/h2-4,7-10,14-15,19,25-27H,1,5-6,11-13,16H2/t19-,24+/m1/s1. The van der Waals surface area contributed by atoms with Crippen molar-refractivity contribution in [3.63, 3.8) is 0 Å². The van der Waals surface area contributed by atoms with E-state index < -0.39 is 0 Å². The molecule has 28 heavy (non-hydrogen) atoms. The van der Waals surface area contributed by atoms with Gasteiger partial charge in [0.25, 0.3) is 0 Å². The highest BCUT2D eigenvalue weighted by Crippen LogP contribution is 2.51. The summed E-state index contributed by atoms with van der Waals surface area (Å²) in [5, 5.41) is 19.6. The molecule has 0 heterocycles. The molecule has 2 aliphatic carbocycles. The maximum Gasteiger partial charge on any atom is 0.115 e. The zero-order valence-corrected chi connectivity index (χ0v) is 16.0. The van der Waals surface area contributed by atoms with Crippen LogP contribution >= 0.6 is 0 Å². The summed E-state index contributed by atoms with van der Waals surface area (Å²) in [5.74, 6) is 1.02. The Morgan fingerprint density at radius 3 is 2.68 bits per heavy atom. The Morgan fingerprint density at radius 2 is 1.89 bits per heavy atom. The summed E-state index contributed by atoms with van der Waals surface area (Å²) in [6, 6.07) is 13.4. The fourth-order valence-electron chi connectivity index (χ4n) is 4.88. The van der Waals surface area contributed by atoms with Crippen molar-refractivity contribution in [1.82, 2.24) is 5.48 Å². The Morgan fingerprint density at radius 1 is 1.11 bits per heavy atom. The molecule has 2 aromatic carbocycles. The van der Waals surface area contributed by atoms with E-state index in [1.54, 1.807) is 18.2 Å². The summed E-state index contributed by atoms with van der Waals surface area (Å²) < 4.78 is 0. The first-order valence-corrected chi connectivity index (χ1v) is 9.90. The minimum atomic E-state index is -0.0120. The quantitative estimate of drug-likeness (QED) is 0.393. The second-order valence-electron chi connectivity index (χ2n) is 7.88. The third-order valence-electron chi connectivity index (χ3n) is 6.16. The lowest BCUT2D eigenvalue weighted by molar-refractivity contribution is 0.0771. The van der Waals surface area contributed by atoms with Crippen molar-refractivity contribution in [3.05, 3.63) is 83.6 Å². The zero-order chi connectivity index (χ0) is 19.6. The number of hydrogen-bond acceptors (Lipinski definition) is 4. The molecule has 146 valence electrons. The largest absolute Gasteiger partial charge is 0.508 e. The number of hydroxylamine groups is 1. The number of fused-ring (bicyclic) bond motifs is 3. The number of rotatable bonds is 6. The second kappa shape index (κ2) is 7.72. The molecule has 0 bridgehead atoms. The molecule has 4 heteroatoms. The van der Waals surface area contributed by atoms with Gasteiger partial charge >= 0.3 is 0 Å². The first-order valence-electron chi connectivity index (χ1n) is 9.90. The van der Waals surface area contributed by atoms with Crippen LogP contribution < -0.4 is 5.48 Å². The van der Waals surface area contributed by atoms with Crippen molar-refractivity contribution >= 4 is 0 Å². The molecular formula is C24H27NO3. The zero-order valence-electron chi connectivity index (χ0n) is 16.0. The van der Waals surface area contributed by atoms with Crippen molar-refractivity contribution in [2.75, 3.05) is 6.61 Å². The fourth-order valence-corrected chi connectivity index (χ4v) is 4.88. The van der Waals surface area contributed by atoms with Crippen LogP contribution in [0.5, 0.6) is 11.5 Å². The van der Waals surface area contributed by atoms with E-state index in [0.29, 0.717) is 24.0 Å². The molecular weight excluding hydrogens is 350 g/mol. The minimum absolute atomic E-state index is 0.0120. The number of nitrogens with one attached hydrogen (secondary N) is 1. The van der Waals surface area contributed by atoms with Crippen molar-refractivity contribution in [1.29, 1.82) is 0 Å². The van der Waals surface area contributed by atoms with Crippen molar-refractivity contribution in [2.45, 2.75) is 37.5 Å². The topological polar surface area (TPSA) is 61.7 Å². The lowest BCUT2D eigenvalue weighted by atomic mass is 9.56. The van der Waals surface area contributed by atoms with E-state index in [4.69, 9.17) is 4.84 Å². The normalized spacial score (nSPS) is 23.3. The number of phenolic OH excluding ortho intramolecular Hbond substituents is 2. The molecule has 0 fully saturated rings. The summed E-state index contributed by atoms with van der Waals surface area (Å²) in [6.07, 6.45) is 8.90. The summed E-state index contributed by atoms with van der Waals surface area (Å²) in [7, 11) is 0. The van der Waals surface area contributed by atoms with Gasteiger partial charge in [-0.05, 0) is 79.0 Å². The lowest BCUT2D eigenvalue weighted by Gasteiger charge is -2.48. The van der Waals surface area contributed by atoms with Crippen LogP contribution in [0.1, 0.15) is 36.0 Å². The Hall–Kier alpha value is -2.72. The predicted octanol–water partition coefficient (Wildman–Crippen LogP) is 4.53. The van der Waals surface area contributed by atoms with Crippen molar-refractivity contribution in [3.8, 4) is 11.5 Å². The van der Waals surface area contributed by atoms with Gasteiger partial charge in [-0.3, -0.25) is 10.3 Å². The van der Waals surface area contributed by atoms with E-state index in [9.17, 15) is 10.2 Å². The molecule has 4 rings (SSSR count). The van der Waals surface area contributed by atoms with Crippen LogP contribution in [0, 0.1) is 5.92 Å². The molecule has 0 amide bonds. The predicted molar refractivity (Wildman–Crippen MR) is 110 cm³/mol. The van der Waals surface area contributed by atoms with E-state index in [1.165, 1.54) is 16.7 Å². The maximum absolute atomic E-state index is 9.98. The van der Waals surface area contributed by atoms with Crippen LogP contribution in [0.4, 0.5) is 0 Å². The van der Waals surface area contributed by atoms with Gasteiger partial charge in [-0.2, -0.15) is 0 Å². The van der Waals surface area contributed by atoms with Crippen LogP contribution in [0.25, 0.3) is 0 Å². The highest BCUT2D eigenvalue weighted by molar-refractivity contribution is 5.46. The molecule has 0 unspecified atom stereocenters. The Labute approximate surface area is 166 Å². The molecule has 2 aliphatic rings. The Bertz CT molecular complexity index is 887. The first-order chi connectivity index (χ1) is 13.6. The fraction of sp³-hybridized carbons (Fsp3) is 0.333. The van der Waals surface area contributed by atoms with Crippen LogP contribution in [0.15, 0.2) is 66.9 Å². The van der Waals surface area contributed by atoms with Crippen molar-refractivity contribution < 1.29 is 15.1 Å². The van der Waals surface area contributed by atoms with Crippen LogP contribution in [-0.2, 0) is 23.1 Å². The average molecular weight is 377 g/mol. The van der Waals surface area contributed by atoms with Crippen LogP contribution in [-0.4, -0.2) is 16.8 Å². The second-order valence-corrected chi connectivity index (χ2v) is 7.88. The average Bonchev–Trinajstić information content (AvgIpc) is 2.70. The van der Waals surface area contributed by atoms with E-state index in [0.717, 1.165) is 37.8 Å². The molecule has 2 atom stereocenters. The number of aryl methyl sites for hydroxylation is 1. The van der Waals surface area contributed by atoms with E-state index in [2.05, 4.69) is 24.2 Å². The van der Waals surface area contributed by atoms with Crippen LogP contribution in [0.2, 0.25) is 0 Å². The van der Waals surface area contributed by atoms with E-state index in [1.807, 2.05) is 24.3 Å². The van der Waals surface area contributed by atoms with Gasteiger partial charge in [0.2, 0.25) is 0 Å². The van der Waals surface area contributed by atoms with Gasteiger partial charge < -0.3 is 10.2 Å². The highest BCUT2D eigenvalue weighted by Gasteiger charge is 2.45. The smallest absolute Gasteiger partial charge is 0.115 e. The van der Waals surface area contributed by atoms with Crippen LogP contribution in [0.3, 0.4) is 0 Å². The summed E-state index contributed by atoms with van der Waals surface area (Å²) in [4.78, 5) is 5.45. The minimum Gasteiger partial charge on any atom is -0.508 e. The highest BCUT2D eigenvalue weighted by atomic mass is 16.6. The number of benzene rings is 2. The van der Waals surface area contributed by atoms with Gasteiger partial charge in [0.1, 0.15) is 11.5 Å². The van der Waals surface area contributed by atoms with E-state index in [-0.39, 0.29) is 5.41 Å². The van der Waals surface area contributed by atoms with E-state index >= 15 is 0 Å². The number of aromatic hydroxyl groups is 2. The van der Waals surface area contributed by atoms with Gasteiger partial charge in [0, 0.05) is 11.1 Å². The third kappa shape index (κ3) is 3.52. The number of hydrogen-bond donors (Lipinski definition) is 3. The SMILES string of the molecule is C=CCONC1=C[C@H]2CCc3cc(O)ccc3[C@]2(Cc2ccc(O)cc2)CC1. The Balaban J connectivity index is 1.71. The third-order valence-corrected chi connectivity index (χ3v) is 6.16. The molecule has 0 aliphatic heterocycles. The molecule has 2 aromatic rings. The maximum atomic E-state index is 9.98. The molecule has 3 N–H and O–H groups in total. The number of phenols is 2. The summed E-state index contributed by atoms with van der Waals surface area (Å²) in [5.41, 5.74) is 8.03.